The number of amides is 1. The predicted octanol–water partition coefficient (Wildman–Crippen LogP) is 3.16. The molecule has 21 heavy (non-hydrogen) atoms. The Kier molecular flexibility index (Phi) is 4.88. The molecule has 1 amide bonds. The lowest BCUT2D eigenvalue weighted by Crippen LogP contribution is -2.34. The average molecular weight is 334 g/mol. The monoisotopic (exact) mass is 333 g/mol. The number of nitrogens with zero attached hydrogens (tertiary/aromatic N) is 1. The first kappa shape index (κ1) is 16.2. The fourth-order valence-electron chi connectivity index (χ4n) is 2.14. The van der Waals surface area contributed by atoms with Gasteiger partial charge in [0.2, 0.25) is 0 Å². The molecule has 0 radical (unpaired) electrons. The third-order valence-corrected chi connectivity index (χ3v) is 4.80. The van der Waals surface area contributed by atoms with Gasteiger partial charge in [-0.3, -0.25) is 4.79 Å². The predicted molar refractivity (Wildman–Crippen MR) is 78.4 cm³/mol. The first-order valence-electron chi connectivity index (χ1n) is 6.89. The van der Waals surface area contributed by atoms with Crippen molar-refractivity contribution in [3.63, 3.8) is 0 Å². The summed E-state index contributed by atoms with van der Waals surface area (Å²) < 4.78 is 36.5. The van der Waals surface area contributed by atoms with Crippen LogP contribution in [-0.4, -0.2) is 31.8 Å². The summed E-state index contributed by atoms with van der Waals surface area (Å²) in [5.41, 5.74) is -0.236. The molecule has 1 saturated carbocycles. The zero-order valence-electron chi connectivity index (χ0n) is 11.7. The zero-order valence-corrected chi connectivity index (χ0v) is 13.3. The largest absolute Gasteiger partial charge is 0.336 e. The molecule has 0 spiro atoms. The van der Waals surface area contributed by atoms with Crippen molar-refractivity contribution >= 4 is 25.6 Å². The molecule has 1 fully saturated rings. The highest BCUT2D eigenvalue weighted by molar-refractivity contribution is 8.13. The molecule has 0 atom stereocenters. The van der Waals surface area contributed by atoms with Gasteiger partial charge in [-0.25, -0.2) is 12.8 Å². The molecule has 1 aromatic rings. The molecule has 1 aliphatic carbocycles. The van der Waals surface area contributed by atoms with E-state index in [-0.39, 0.29) is 16.5 Å². The second kappa shape index (κ2) is 6.32. The summed E-state index contributed by atoms with van der Waals surface area (Å²) in [7, 11) is 1.26. The first-order chi connectivity index (χ1) is 9.84. The van der Waals surface area contributed by atoms with E-state index in [4.69, 9.17) is 10.7 Å². The number of hydrogen-bond acceptors (Lipinski definition) is 3. The van der Waals surface area contributed by atoms with E-state index in [1.54, 1.807) is 4.90 Å². The van der Waals surface area contributed by atoms with Gasteiger partial charge in [-0.15, -0.1) is 0 Å². The molecule has 4 nitrogen and oxygen atoms in total. The van der Waals surface area contributed by atoms with Crippen molar-refractivity contribution in [3.8, 4) is 0 Å². The molecule has 0 heterocycles. The van der Waals surface area contributed by atoms with Crippen molar-refractivity contribution in [1.29, 1.82) is 0 Å². The van der Waals surface area contributed by atoms with Crippen LogP contribution in [0.15, 0.2) is 23.1 Å². The Balaban J connectivity index is 2.32. The molecule has 2 rings (SSSR count). The Morgan fingerprint density at radius 3 is 2.62 bits per heavy atom. The van der Waals surface area contributed by atoms with Crippen molar-refractivity contribution in [3.05, 3.63) is 29.6 Å². The first-order valence-corrected chi connectivity index (χ1v) is 9.20. The normalized spacial score (nSPS) is 15.0. The highest BCUT2D eigenvalue weighted by Gasteiger charge is 2.33. The second-order valence-electron chi connectivity index (χ2n) is 5.16. The number of hydrogen-bond donors (Lipinski definition) is 0. The van der Waals surface area contributed by atoms with E-state index >= 15 is 0 Å². The van der Waals surface area contributed by atoms with Gasteiger partial charge in [0.05, 0.1) is 10.5 Å². The topological polar surface area (TPSA) is 54.5 Å². The maximum atomic E-state index is 13.9. The number of carbonyl (C=O) groups excluding carboxylic acids is 1. The molecule has 1 aliphatic rings. The van der Waals surface area contributed by atoms with Gasteiger partial charge in [0.1, 0.15) is 5.82 Å². The van der Waals surface area contributed by atoms with Gasteiger partial charge in [0.15, 0.2) is 0 Å². The van der Waals surface area contributed by atoms with Crippen molar-refractivity contribution < 1.29 is 17.6 Å². The summed E-state index contributed by atoms with van der Waals surface area (Å²) in [5.74, 6) is -1.20. The maximum Gasteiger partial charge on any atom is 0.261 e. The Hall–Kier alpha value is -1.14. The van der Waals surface area contributed by atoms with Gasteiger partial charge >= 0.3 is 0 Å². The molecule has 1 aromatic carbocycles. The molecule has 116 valence electrons. The van der Waals surface area contributed by atoms with Gasteiger partial charge < -0.3 is 4.90 Å². The Bertz CT molecular complexity index is 644. The van der Waals surface area contributed by atoms with Gasteiger partial charge in [-0.1, -0.05) is 13.3 Å². The molecule has 7 heteroatoms. The lowest BCUT2D eigenvalue weighted by atomic mass is 10.1. The quantitative estimate of drug-likeness (QED) is 0.751. The van der Waals surface area contributed by atoms with Crippen LogP contribution in [0.4, 0.5) is 4.39 Å². The lowest BCUT2D eigenvalue weighted by Gasteiger charge is -2.22. The molecule has 0 bridgehead atoms. The van der Waals surface area contributed by atoms with Gasteiger partial charge in [0.25, 0.3) is 15.0 Å². The Labute approximate surface area is 128 Å². The smallest absolute Gasteiger partial charge is 0.261 e. The van der Waals surface area contributed by atoms with E-state index in [2.05, 4.69) is 0 Å². The van der Waals surface area contributed by atoms with Gasteiger partial charge in [-0.05, 0) is 37.5 Å². The van der Waals surface area contributed by atoms with E-state index in [9.17, 15) is 17.6 Å². The van der Waals surface area contributed by atoms with Crippen LogP contribution in [0.25, 0.3) is 0 Å². The highest BCUT2D eigenvalue weighted by Crippen LogP contribution is 2.29. The third kappa shape index (κ3) is 3.95. The molecular formula is C14H17ClFNO3S. The number of benzene rings is 1. The fourth-order valence-corrected chi connectivity index (χ4v) is 2.92. The van der Waals surface area contributed by atoms with Crippen molar-refractivity contribution in [2.24, 2.45) is 0 Å². The van der Waals surface area contributed by atoms with E-state index in [1.807, 2.05) is 6.92 Å². The second-order valence-corrected chi connectivity index (χ2v) is 7.73. The molecule has 0 unspecified atom stereocenters. The minimum atomic E-state index is -3.99. The summed E-state index contributed by atoms with van der Waals surface area (Å²) >= 11 is 0. The van der Waals surface area contributed by atoms with Crippen LogP contribution in [0.5, 0.6) is 0 Å². The molecule has 0 N–H and O–H groups in total. The van der Waals surface area contributed by atoms with Gasteiger partial charge in [0, 0.05) is 23.3 Å². The Morgan fingerprint density at radius 2 is 2.10 bits per heavy atom. The van der Waals surface area contributed by atoms with E-state index in [0.29, 0.717) is 6.54 Å². The SMILES string of the molecule is CCCCN(C(=O)c1cc(S(=O)(=O)Cl)ccc1F)C1CC1. The molecule has 0 aromatic heterocycles. The summed E-state index contributed by atoms with van der Waals surface area (Å²) in [6.45, 7) is 2.56. The maximum absolute atomic E-state index is 13.9. The summed E-state index contributed by atoms with van der Waals surface area (Å²) in [4.78, 5) is 13.8. The Morgan fingerprint density at radius 1 is 1.43 bits per heavy atom. The van der Waals surface area contributed by atoms with E-state index in [1.165, 1.54) is 0 Å². The summed E-state index contributed by atoms with van der Waals surface area (Å²) in [6.07, 6.45) is 3.57. The van der Waals surface area contributed by atoms with Crippen LogP contribution in [0, 0.1) is 5.82 Å². The third-order valence-electron chi connectivity index (χ3n) is 3.45. The van der Waals surface area contributed by atoms with E-state index < -0.39 is 20.8 Å². The molecule has 0 saturated heterocycles. The van der Waals surface area contributed by atoms with Crippen LogP contribution in [0.2, 0.25) is 0 Å². The molecular weight excluding hydrogens is 317 g/mol. The summed E-state index contributed by atoms with van der Waals surface area (Å²) in [6, 6.07) is 3.18. The number of rotatable bonds is 6. The van der Waals surface area contributed by atoms with Crippen LogP contribution in [0.3, 0.4) is 0 Å². The fraction of sp³-hybridized carbons (Fsp3) is 0.500. The zero-order chi connectivity index (χ0) is 15.6. The standard InChI is InChI=1S/C14H17ClFNO3S/c1-2-3-8-17(10-4-5-10)14(18)12-9-11(21(15,19)20)6-7-13(12)16/h6-7,9-10H,2-5,8H2,1H3. The molecule has 0 aliphatic heterocycles. The van der Waals surface area contributed by atoms with Gasteiger partial charge in [-0.2, -0.15) is 0 Å². The van der Waals surface area contributed by atoms with Crippen molar-refractivity contribution in [1.82, 2.24) is 4.90 Å². The van der Waals surface area contributed by atoms with Crippen molar-refractivity contribution in [2.75, 3.05) is 6.54 Å². The minimum absolute atomic E-state index is 0.139. The summed E-state index contributed by atoms with van der Waals surface area (Å²) in [5, 5.41) is 0. The van der Waals surface area contributed by atoms with Crippen LogP contribution in [-0.2, 0) is 9.05 Å². The van der Waals surface area contributed by atoms with Crippen molar-refractivity contribution in [2.45, 2.75) is 43.5 Å². The number of carbonyl (C=O) groups is 1. The van der Waals surface area contributed by atoms with Crippen LogP contribution >= 0.6 is 10.7 Å². The average Bonchev–Trinajstić information content (AvgIpc) is 3.22. The number of halogens is 2. The van der Waals surface area contributed by atoms with E-state index in [0.717, 1.165) is 43.9 Å². The minimum Gasteiger partial charge on any atom is -0.336 e. The van der Waals surface area contributed by atoms with Crippen LogP contribution < -0.4 is 0 Å². The number of unbranched alkanes of at least 4 members (excludes halogenated alkanes) is 1. The van der Waals surface area contributed by atoms with Crippen LogP contribution in [0.1, 0.15) is 43.0 Å². The lowest BCUT2D eigenvalue weighted by molar-refractivity contribution is 0.0735. The highest BCUT2D eigenvalue weighted by atomic mass is 35.7.